The lowest BCUT2D eigenvalue weighted by atomic mass is 9.76. The predicted molar refractivity (Wildman–Crippen MR) is 102 cm³/mol. The smallest absolute Gasteiger partial charge is 0.337 e. The summed E-state index contributed by atoms with van der Waals surface area (Å²) in [5.41, 5.74) is 1.47. The summed E-state index contributed by atoms with van der Waals surface area (Å²) in [7, 11) is -2.64. The molecule has 26 heavy (non-hydrogen) atoms. The molecule has 0 unspecified atom stereocenters. The minimum absolute atomic E-state index is 0.0188. The molecular formula is C18H22N2O4S2. The molecule has 6 nitrogen and oxygen atoms in total. The number of hydrogen-bond donors (Lipinski definition) is 2. The Kier molecular flexibility index (Phi) is 4.72. The Morgan fingerprint density at radius 1 is 1.31 bits per heavy atom. The van der Waals surface area contributed by atoms with Gasteiger partial charge >= 0.3 is 5.97 Å². The number of carbonyl (C=O) groups is 1. The van der Waals surface area contributed by atoms with E-state index in [2.05, 4.69) is 13.8 Å². The number of aromatic carboxylic acids is 1. The maximum Gasteiger partial charge on any atom is 0.337 e. The first kappa shape index (κ1) is 19.0. The highest BCUT2D eigenvalue weighted by atomic mass is 32.2. The van der Waals surface area contributed by atoms with Crippen LogP contribution in [-0.2, 0) is 22.9 Å². The molecule has 0 radical (unpaired) electrons. The number of carboxylic acids is 1. The standard InChI is InChI=1S/C18H22N2O4S2/c1-18(2)9-8-13-12(10-18)15(17(21)22)16(25-13)11-6-4-5-7-14(11)26(23,24)20(3)19/h4-7H,8-10,19H2,1-3H3,(H,21,22). The fraction of sp³-hybridized carbons (Fsp3) is 0.389. The molecule has 1 heterocycles. The van der Waals surface area contributed by atoms with Crippen molar-refractivity contribution in [3.63, 3.8) is 0 Å². The molecule has 0 spiro atoms. The third-order valence-corrected chi connectivity index (χ3v) is 7.77. The number of hydrazine groups is 1. The average Bonchev–Trinajstić information content (AvgIpc) is 2.92. The monoisotopic (exact) mass is 394 g/mol. The second kappa shape index (κ2) is 6.45. The molecule has 1 aliphatic carbocycles. The molecule has 1 aromatic carbocycles. The Balaban J connectivity index is 2.28. The SMILES string of the molecule is CN(N)S(=O)(=O)c1ccccc1-c1sc2c(c1C(=O)O)CC(C)(C)CC2. The van der Waals surface area contributed by atoms with E-state index in [0.717, 1.165) is 23.3 Å². The summed E-state index contributed by atoms with van der Waals surface area (Å²) in [5, 5.41) is 9.87. The molecule has 0 amide bonds. The first-order valence-corrected chi connectivity index (χ1v) is 10.5. The van der Waals surface area contributed by atoms with Crippen molar-refractivity contribution < 1.29 is 18.3 Å². The van der Waals surface area contributed by atoms with Crippen LogP contribution in [0.2, 0.25) is 0 Å². The third-order valence-electron chi connectivity index (χ3n) is 4.78. The van der Waals surface area contributed by atoms with E-state index in [1.165, 1.54) is 24.5 Å². The Morgan fingerprint density at radius 2 is 1.96 bits per heavy atom. The normalized spacial score (nSPS) is 16.5. The van der Waals surface area contributed by atoms with Gasteiger partial charge < -0.3 is 5.11 Å². The molecule has 0 atom stereocenters. The number of nitrogens with zero attached hydrogens (tertiary/aromatic N) is 1. The van der Waals surface area contributed by atoms with Crippen LogP contribution in [0.3, 0.4) is 0 Å². The highest BCUT2D eigenvalue weighted by Crippen LogP contribution is 2.46. The van der Waals surface area contributed by atoms with Crippen LogP contribution in [0.1, 0.15) is 41.1 Å². The minimum Gasteiger partial charge on any atom is -0.478 e. The Bertz CT molecular complexity index is 975. The summed E-state index contributed by atoms with van der Waals surface area (Å²) in [6.45, 7) is 4.25. The van der Waals surface area contributed by atoms with Crippen molar-refractivity contribution in [1.29, 1.82) is 0 Å². The lowest BCUT2D eigenvalue weighted by Gasteiger charge is -2.29. The van der Waals surface area contributed by atoms with E-state index in [1.54, 1.807) is 18.2 Å². The molecule has 0 aliphatic heterocycles. The fourth-order valence-electron chi connectivity index (χ4n) is 3.37. The molecular weight excluding hydrogens is 372 g/mol. The Labute approximate surface area is 157 Å². The molecule has 0 saturated heterocycles. The first-order chi connectivity index (χ1) is 12.0. The van der Waals surface area contributed by atoms with Crippen LogP contribution >= 0.6 is 11.3 Å². The summed E-state index contributed by atoms with van der Waals surface area (Å²) in [6, 6.07) is 6.42. The van der Waals surface area contributed by atoms with Gasteiger partial charge in [-0.1, -0.05) is 32.0 Å². The second-order valence-corrected chi connectivity index (χ2v) is 10.4. The zero-order chi connectivity index (χ0) is 19.3. The number of carboxylic acid groups (broad SMARTS) is 1. The molecule has 1 aliphatic rings. The van der Waals surface area contributed by atoms with Crippen molar-refractivity contribution in [3.05, 3.63) is 40.3 Å². The van der Waals surface area contributed by atoms with Gasteiger partial charge in [-0.25, -0.2) is 13.2 Å². The third kappa shape index (κ3) is 3.18. The maximum absolute atomic E-state index is 12.6. The van der Waals surface area contributed by atoms with Gasteiger partial charge in [-0.3, -0.25) is 5.84 Å². The number of aryl methyl sites for hydroxylation is 1. The number of sulfonamides is 1. The van der Waals surface area contributed by atoms with Crippen molar-refractivity contribution >= 4 is 27.3 Å². The van der Waals surface area contributed by atoms with E-state index in [9.17, 15) is 18.3 Å². The Hall–Kier alpha value is -1.74. The predicted octanol–water partition coefficient (Wildman–Crippen LogP) is 3.12. The molecule has 0 saturated carbocycles. The molecule has 140 valence electrons. The number of fused-ring (bicyclic) bond motifs is 1. The minimum atomic E-state index is -3.90. The van der Waals surface area contributed by atoms with Gasteiger partial charge in [0, 0.05) is 17.5 Å². The van der Waals surface area contributed by atoms with Crippen LogP contribution in [0.5, 0.6) is 0 Å². The van der Waals surface area contributed by atoms with Gasteiger partial charge in [0.2, 0.25) is 0 Å². The fourth-order valence-corrected chi connectivity index (χ4v) is 5.79. The van der Waals surface area contributed by atoms with Crippen LogP contribution < -0.4 is 5.84 Å². The van der Waals surface area contributed by atoms with Crippen LogP contribution in [-0.4, -0.2) is 31.0 Å². The average molecular weight is 395 g/mol. The van der Waals surface area contributed by atoms with Gasteiger partial charge in [-0.05, 0) is 36.3 Å². The zero-order valence-electron chi connectivity index (χ0n) is 14.9. The van der Waals surface area contributed by atoms with Crippen LogP contribution in [0.25, 0.3) is 10.4 Å². The van der Waals surface area contributed by atoms with Crippen molar-refractivity contribution in [2.75, 3.05) is 7.05 Å². The quantitative estimate of drug-likeness (QED) is 0.613. The maximum atomic E-state index is 12.6. The lowest BCUT2D eigenvalue weighted by molar-refractivity contribution is 0.0696. The van der Waals surface area contributed by atoms with Gasteiger partial charge in [0.15, 0.2) is 0 Å². The molecule has 2 aromatic rings. The van der Waals surface area contributed by atoms with Gasteiger partial charge in [0.05, 0.1) is 15.3 Å². The van der Waals surface area contributed by atoms with Gasteiger partial charge in [0.25, 0.3) is 10.0 Å². The summed E-state index contributed by atoms with van der Waals surface area (Å²) >= 11 is 1.38. The van der Waals surface area contributed by atoms with E-state index < -0.39 is 16.0 Å². The largest absolute Gasteiger partial charge is 0.478 e. The number of rotatable bonds is 4. The van der Waals surface area contributed by atoms with Crippen LogP contribution in [0.4, 0.5) is 0 Å². The van der Waals surface area contributed by atoms with E-state index >= 15 is 0 Å². The molecule has 8 heteroatoms. The van der Waals surface area contributed by atoms with Crippen molar-refractivity contribution in [2.24, 2.45) is 11.3 Å². The summed E-state index contributed by atoms with van der Waals surface area (Å²) in [5.74, 6) is 4.49. The van der Waals surface area contributed by atoms with Gasteiger partial charge in [0.1, 0.15) is 0 Å². The lowest BCUT2D eigenvalue weighted by Crippen LogP contribution is -2.33. The number of nitrogens with two attached hydrogens (primary N) is 1. The highest BCUT2D eigenvalue weighted by Gasteiger charge is 2.34. The molecule has 3 rings (SSSR count). The molecule has 0 bridgehead atoms. The number of benzene rings is 1. The number of hydrogen-bond acceptors (Lipinski definition) is 5. The van der Waals surface area contributed by atoms with Gasteiger partial charge in [-0.15, -0.1) is 15.8 Å². The van der Waals surface area contributed by atoms with E-state index in [1.807, 2.05) is 0 Å². The number of thiophene rings is 1. The summed E-state index contributed by atoms with van der Waals surface area (Å²) in [6.07, 6.45) is 2.45. The van der Waals surface area contributed by atoms with E-state index in [4.69, 9.17) is 5.84 Å². The summed E-state index contributed by atoms with van der Waals surface area (Å²) in [4.78, 5) is 13.6. The molecule has 0 fully saturated rings. The topological polar surface area (TPSA) is 101 Å². The highest BCUT2D eigenvalue weighted by molar-refractivity contribution is 7.89. The molecule has 3 N–H and O–H groups in total. The Morgan fingerprint density at radius 3 is 2.58 bits per heavy atom. The first-order valence-electron chi connectivity index (χ1n) is 8.25. The van der Waals surface area contributed by atoms with Crippen molar-refractivity contribution in [1.82, 2.24) is 4.41 Å². The summed E-state index contributed by atoms with van der Waals surface area (Å²) < 4.78 is 25.9. The van der Waals surface area contributed by atoms with Crippen molar-refractivity contribution in [3.8, 4) is 10.4 Å². The van der Waals surface area contributed by atoms with Crippen LogP contribution in [0, 0.1) is 5.41 Å². The van der Waals surface area contributed by atoms with E-state index in [-0.39, 0.29) is 15.9 Å². The molecule has 1 aromatic heterocycles. The second-order valence-electron chi connectivity index (χ2n) is 7.37. The van der Waals surface area contributed by atoms with E-state index in [0.29, 0.717) is 21.3 Å². The van der Waals surface area contributed by atoms with Crippen LogP contribution in [0.15, 0.2) is 29.2 Å². The van der Waals surface area contributed by atoms with Gasteiger partial charge in [-0.2, -0.15) is 0 Å². The zero-order valence-corrected chi connectivity index (χ0v) is 16.6. The van der Waals surface area contributed by atoms with Crippen molar-refractivity contribution in [2.45, 2.75) is 38.0 Å².